The third-order valence-electron chi connectivity index (χ3n) is 5.07. The zero-order chi connectivity index (χ0) is 18.7. The maximum Gasteiger partial charge on any atom is 0.325 e. The van der Waals surface area contributed by atoms with E-state index in [-0.39, 0.29) is 18.4 Å². The molecule has 6 nitrogen and oxygen atoms in total. The number of carbonyl (C=O) groups is 2. The molecule has 1 fully saturated rings. The Kier molecular flexibility index (Phi) is 5.40. The molecule has 2 heterocycles. The summed E-state index contributed by atoms with van der Waals surface area (Å²) in [5, 5.41) is 13.2. The van der Waals surface area contributed by atoms with Crippen LogP contribution in [0.2, 0.25) is 0 Å². The standard InChI is InChI=1S/C20H25N3O3/c1-14-5-6-15(2)17(10-14)11-19(24)22-9-3-4-16(12-22)18-7-8-21-23(18)13-20(25)26/h5-8,10,16H,3-4,9,11-13H2,1-2H3,(H,25,26)/t16-/m1/s1. The van der Waals surface area contributed by atoms with E-state index in [0.717, 1.165) is 41.8 Å². The van der Waals surface area contributed by atoms with E-state index in [9.17, 15) is 9.59 Å². The van der Waals surface area contributed by atoms with Gasteiger partial charge in [0.2, 0.25) is 5.91 Å². The number of rotatable bonds is 5. The van der Waals surface area contributed by atoms with Crippen LogP contribution in [-0.4, -0.2) is 44.8 Å². The van der Waals surface area contributed by atoms with Crippen LogP contribution in [0.15, 0.2) is 30.5 Å². The molecule has 1 aliphatic rings. The average Bonchev–Trinajstić information content (AvgIpc) is 3.05. The fourth-order valence-electron chi connectivity index (χ4n) is 3.66. The summed E-state index contributed by atoms with van der Waals surface area (Å²) in [6.07, 6.45) is 3.91. The second kappa shape index (κ2) is 7.72. The minimum absolute atomic E-state index is 0.132. The van der Waals surface area contributed by atoms with E-state index in [0.29, 0.717) is 13.0 Å². The van der Waals surface area contributed by atoms with Crippen molar-refractivity contribution in [1.82, 2.24) is 14.7 Å². The van der Waals surface area contributed by atoms with Crippen molar-refractivity contribution in [2.75, 3.05) is 13.1 Å². The molecule has 26 heavy (non-hydrogen) atoms. The van der Waals surface area contributed by atoms with Gasteiger partial charge in [-0.3, -0.25) is 14.3 Å². The number of likely N-dealkylation sites (tertiary alicyclic amines) is 1. The highest BCUT2D eigenvalue weighted by atomic mass is 16.4. The van der Waals surface area contributed by atoms with Crippen molar-refractivity contribution < 1.29 is 14.7 Å². The van der Waals surface area contributed by atoms with E-state index in [1.54, 1.807) is 6.20 Å². The third kappa shape index (κ3) is 4.12. The minimum atomic E-state index is -0.909. The molecular weight excluding hydrogens is 330 g/mol. The first-order valence-corrected chi connectivity index (χ1v) is 9.01. The van der Waals surface area contributed by atoms with Gasteiger partial charge in [-0.2, -0.15) is 5.10 Å². The van der Waals surface area contributed by atoms with Crippen LogP contribution in [0.25, 0.3) is 0 Å². The number of aliphatic carboxylic acids is 1. The Morgan fingerprint density at radius 2 is 2.08 bits per heavy atom. The maximum atomic E-state index is 12.8. The van der Waals surface area contributed by atoms with E-state index in [1.807, 2.05) is 24.8 Å². The second-order valence-corrected chi connectivity index (χ2v) is 7.09. The number of hydrogen-bond acceptors (Lipinski definition) is 3. The highest BCUT2D eigenvalue weighted by Gasteiger charge is 2.27. The first-order valence-electron chi connectivity index (χ1n) is 9.01. The summed E-state index contributed by atoms with van der Waals surface area (Å²) < 4.78 is 1.53. The van der Waals surface area contributed by atoms with Crippen molar-refractivity contribution in [2.24, 2.45) is 0 Å². The highest BCUT2D eigenvalue weighted by Crippen LogP contribution is 2.27. The van der Waals surface area contributed by atoms with E-state index in [1.165, 1.54) is 4.68 Å². The molecule has 1 aromatic carbocycles. The van der Waals surface area contributed by atoms with Gasteiger partial charge in [-0.1, -0.05) is 23.8 Å². The first kappa shape index (κ1) is 18.2. The lowest BCUT2D eigenvalue weighted by atomic mass is 9.93. The summed E-state index contributed by atoms with van der Waals surface area (Å²) in [5.41, 5.74) is 4.27. The molecule has 1 N–H and O–H groups in total. The number of nitrogens with zero attached hydrogens (tertiary/aromatic N) is 3. The lowest BCUT2D eigenvalue weighted by Crippen LogP contribution is -2.40. The van der Waals surface area contributed by atoms with Gasteiger partial charge in [-0.25, -0.2) is 0 Å². The molecule has 0 aliphatic carbocycles. The molecule has 0 bridgehead atoms. The van der Waals surface area contributed by atoms with Gasteiger partial charge in [0.1, 0.15) is 6.54 Å². The summed E-state index contributed by atoms with van der Waals surface area (Å²) in [6, 6.07) is 8.06. The summed E-state index contributed by atoms with van der Waals surface area (Å²) in [6.45, 7) is 5.30. The minimum Gasteiger partial charge on any atom is -0.480 e. The Hall–Kier alpha value is -2.63. The number of hydrogen-bond donors (Lipinski definition) is 1. The smallest absolute Gasteiger partial charge is 0.325 e. The fraction of sp³-hybridized carbons (Fsp3) is 0.450. The second-order valence-electron chi connectivity index (χ2n) is 7.09. The van der Waals surface area contributed by atoms with Crippen molar-refractivity contribution in [3.8, 4) is 0 Å². The van der Waals surface area contributed by atoms with Crippen molar-refractivity contribution in [2.45, 2.75) is 45.6 Å². The van der Waals surface area contributed by atoms with Gasteiger partial charge in [-0.15, -0.1) is 0 Å². The molecule has 3 rings (SSSR count). The predicted octanol–water partition coefficient (Wildman–Crippen LogP) is 2.53. The van der Waals surface area contributed by atoms with Gasteiger partial charge in [0.05, 0.1) is 6.42 Å². The number of aromatic nitrogens is 2. The largest absolute Gasteiger partial charge is 0.480 e. The molecule has 2 aromatic rings. The molecular formula is C20H25N3O3. The van der Waals surface area contributed by atoms with Crippen LogP contribution in [0.1, 0.15) is 41.1 Å². The van der Waals surface area contributed by atoms with Gasteiger partial charge in [0.15, 0.2) is 0 Å². The Bertz CT molecular complexity index is 812. The van der Waals surface area contributed by atoms with Crippen LogP contribution < -0.4 is 0 Å². The van der Waals surface area contributed by atoms with Gasteiger partial charge in [-0.05, 0) is 43.9 Å². The Labute approximate surface area is 153 Å². The number of piperidine rings is 1. The van der Waals surface area contributed by atoms with Gasteiger partial charge in [0, 0.05) is 30.9 Å². The summed E-state index contributed by atoms with van der Waals surface area (Å²) in [5.74, 6) is -0.644. The van der Waals surface area contributed by atoms with Crippen LogP contribution in [0, 0.1) is 13.8 Å². The molecule has 1 atom stereocenters. The van der Waals surface area contributed by atoms with Gasteiger partial charge in [0.25, 0.3) is 0 Å². The number of aryl methyl sites for hydroxylation is 2. The number of benzene rings is 1. The van der Waals surface area contributed by atoms with Crippen molar-refractivity contribution in [1.29, 1.82) is 0 Å². The molecule has 1 saturated heterocycles. The van der Waals surface area contributed by atoms with E-state index >= 15 is 0 Å². The highest BCUT2D eigenvalue weighted by molar-refractivity contribution is 5.79. The fourth-order valence-corrected chi connectivity index (χ4v) is 3.66. The molecule has 1 aromatic heterocycles. The number of carboxylic acid groups (broad SMARTS) is 1. The zero-order valence-corrected chi connectivity index (χ0v) is 15.3. The van der Waals surface area contributed by atoms with Gasteiger partial charge >= 0.3 is 5.97 Å². The Morgan fingerprint density at radius 1 is 1.27 bits per heavy atom. The summed E-state index contributed by atoms with van der Waals surface area (Å²) in [7, 11) is 0. The monoisotopic (exact) mass is 355 g/mol. The Morgan fingerprint density at radius 3 is 2.85 bits per heavy atom. The van der Waals surface area contributed by atoms with Crippen LogP contribution in [0.5, 0.6) is 0 Å². The van der Waals surface area contributed by atoms with Crippen molar-refractivity contribution in [3.63, 3.8) is 0 Å². The lowest BCUT2D eigenvalue weighted by molar-refractivity contribution is -0.138. The molecule has 0 saturated carbocycles. The molecule has 6 heteroatoms. The molecule has 0 unspecified atom stereocenters. The van der Waals surface area contributed by atoms with Crippen molar-refractivity contribution >= 4 is 11.9 Å². The molecule has 0 spiro atoms. The summed E-state index contributed by atoms with van der Waals surface area (Å²) >= 11 is 0. The van der Waals surface area contributed by atoms with Crippen LogP contribution in [0.3, 0.4) is 0 Å². The van der Waals surface area contributed by atoms with E-state index in [4.69, 9.17) is 5.11 Å². The van der Waals surface area contributed by atoms with Gasteiger partial charge < -0.3 is 10.0 Å². The van der Waals surface area contributed by atoms with Crippen LogP contribution >= 0.6 is 0 Å². The van der Waals surface area contributed by atoms with Crippen molar-refractivity contribution in [3.05, 3.63) is 52.8 Å². The maximum absolute atomic E-state index is 12.8. The molecule has 138 valence electrons. The predicted molar refractivity (Wildman–Crippen MR) is 98.0 cm³/mol. The third-order valence-corrected chi connectivity index (χ3v) is 5.07. The van der Waals surface area contributed by atoms with E-state index < -0.39 is 5.97 Å². The normalized spacial score (nSPS) is 17.3. The first-order chi connectivity index (χ1) is 12.4. The number of carbonyl (C=O) groups excluding carboxylic acids is 1. The number of amides is 1. The molecule has 1 aliphatic heterocycles. The molecule has 0 radical (unpaired) electrons. The Balaban J connectivity index is 1.70. The van der Waals surface area contributed by atoms with E-state index in [2.05, 4.69) is 23.3 Å². The quantitative estimate of drug-likeness (QED) is 0.894. The van der Waals surface area contributed by atoms with Crippen LogP contribution in [0.4, 0.5) is 0 Å². The molecule has 1 amide bonds. The summed E-state index contributed by atoms with van der Waals surface area (Å²) in [4.78, 5) is 25.7. The topological polar surface area (TPSA) is 75.4 Å². The number of carboxylic acids is 1. The SMILES string of the molecule is Cc1ccc(C)c(CC(=O)N2CCC[C@@H](c3ccnn3CC(=O)O)C2)c1. The average molecular weight is 355 g/mol. The lowest BCUT2D eigenvalue weighted by Gasteiger charge is -2.33. The zero-order valence-electron chi connectivity index (χ0n) is 15.3. The van der Waals surface area contributed by atoms with Crippen LogP contribution in [-0.2, 0) is 22.6 Å².